The number of hydrogen-bond acceptors (Lipinski definition) is 2. The lowest BCUT2D eigenvalue weighted by Crippen LogP contribution is -2.36. The molecule has 2 aliphatic rings. The van der Waals surface area contributed by atoms with Crippen LogP contribution in [0.4, 0.5) is 4.39 Å². The summed E-state index contributed by atoms with van der Waals surface area (Å²) in [6.45, 7) is 1.86. The molecule has 4 heteroatoms. The molecule has 0 saturated carbocycles. The van der Waals surface area contributed by atoms with Crippen molar-refractivity contribution < 1.29 is 14.3 Å². The molecule has 0 radical (unpaired) electrons. The second-order valence-corrected chi connectivity index (χ2v) is 5.94. The molecule has 1 saturated heterocycles. The number of nitrogens with zero attached hydrogens (tertiary/aromatic N) is 1. The maximum absolute atomic E-state index is 13.8. The van der Waals surface area contributed by atoms with Crippen molar-refractivity contribution in [3.05, 3.63) is 35.1 Å². The Morgan fingerprint density at radius 3 is 2.75 bits per heavy atom. The van der Waals surface area contributed by atoms with Gasteiger partial charge in [0.25, 0.3) is 0 Å². The molecule has 0 aromatic heterocycles. The van der Waals surface area contributed by atoms with Gasteiger partial charge in [0, 0.05) is 12.5 Å². The van der Waals surface area contributed by atoms with E-state index in [4.69, 9.17) is 5.11 Å². The zero-order chi connectivity index (χ0) is 14.1. The largest absolute Gasteiger partial charge is 0.481 e. The first-order valence-corrected chi connectivity index (χ1v) is 7.38. The van der Waals surface area contributed by atoms with Crippen molar-refractivity contribution in [2.45, 2.75) is 38.1 Å². The second kappa shape index (κ2) is 5.52. The van der Waals surface area contributed by atoms with Crippen LogP contribution >= 0.6 is 0 Å². The lowest BCUT2D eigenvalue weighted by molar-refractivity contribution is -0.138. The molecule has 0 amide bonds. The summed E-state index contributed by atoms with van der Waals surface area (Å²) >= 11 is 0. The zero-order valence-electron chi connectivity index (χ0n) is 11.5. The van der Waals surface area contributed by atoms with Crippen LogP contribution in [-0.2, 0) is 11.2 Å². The number of halogens is 1. The van der Waals surface area contributed by atoms with Crippen molar-refractivity contribution in [1.82, 2.24) is 4.90 Å². The minimum absolute atomic E-state index is 0.0780. The van der Waals surface area contributed by atoms with Crippen LogP contribution in [0.3, 0.4) is 0 Å². The van der Waals surface area contributed by atoms with E-state index in [1.54, 1.807) is 12.1 Å². The third-order valence-electron chi connectivity index (χ3n) is 4.74. The smallest absolute Gasteiger partial charge is 0.303 e. The highest BCUT2D eigenvalue weighted by Gasteiger charge is 2.32. The quantitative estimate of drug-likeness (QED) is 0.923. The molecule has 1 aromatic rings. The molecule has 108 valence electrons. The van der Waals surface area contributed by atoms with Crippen LogP contribution in [0, 0.1) is 11.7 Å². The number of benzene rings is 1. The standard InChI is InChI=1S/C16H20FNO2/c17-14-3-1-2-13-12(14)4-5-15(13)18-8-6-11(7-9-18)10-16(19)20/h1-3,11,15H,4-10H2,(H,19,20). The van der Waals surface area contributed by atoms with Gasteiger partial charge in [-0.3, -0.25) is 9.69 Å². The number of hydrogen-bond donors (Lipinski definition) is 1. The Morgan fingerprint density at radius 1 is 1.30 bits per heavy atom. The van der Waals surface area contributed by atoms with Gasteiger partial charge in [-0.05, 0) is 61.9 Å². The Kier molecular flexibility index (Phi) is 3.74. The molecule has 1 fully saturated rings. The maximum Gasteiger partial charge on any atom is 0.303 e. The fourth-order valence-corrected chi connectivity index (χ4v) is 3.68. The highest BCUT2D eigenvalue weighted by molar-refractivity contribution is 5.67. The van der Waals surface area contributed by atoms with E-state index in [0.717, 1.165) is 49.9 Å². The average molecular weight is 277 g/mol. The molecule has 1 unspecified atom stereocenters. The SMILES string of the molecule is O=C(O)CC1CCN(C2CCc3c(F)cccc32)CC1. The first kappa shape index (κ1) is 13.6. The van der Waals surface area contributed by atoms with Gasteiger partial charge in [0.1, 0.15) is 5.82 Å². The summed E-state index contributed by atoms with van der Waals surface area (Å²) in [6.07, 6.45) is 3.96. The molecule has 1 aliphatic heterocycles. The number of carbonyl (C=O) groups is 1. The van der Waals surface area contributed by atoms with Crippen molar-refractivity contribution in [1.29, 1.82) is 0 Å². The van der Waals surface area contributed by atoms with Crippen LogP contribution in [0.25, 0.3) is 0 Å². The van der Waals surface area contributed by atoms with Gasteiger partial charge >= 0.3 is 5.97 Å². The Hall–Kier alpha value is -1.42. The van der Waals surface area contributed by atoms with Gasteiger partial charge in [-0.25, -0.2) is 4.39 Å². The second-order valence-electron chi connectivity index (χ2n) is 5.94. The van der Waals surface area contributed by atoms with Crippen LogP contribution in [0.15, 0.2) is 18.2 Å². The molecule has 20 heavy (non-hydrogen) atoms. The van der Waals surface area contributed by atoms with E-state index in [2.05, 4.69) is 4.90 Å². The van der Waals surface area contributed by atoms with E-state index in [1.807, 2.05) is 6.07 Å². The molecule has 1 aliphatic carbocycles. The van der Waals surface area contributed by atoms with Gasteiger partial charge < -0.3 is 5.11 Å². The van der Waals surface area contributed by atoms with Gasteiger partial charge in [-0.1, -0.05) is 12.1 Å². The summed E-state index contributed by atoms with van der Waals surface area (Å²) in [5, 5.41) is 8.85. The number of rotatable bonds is 3. The van der Waals surface area contributed by atoms with Crippen molar-refractivity contribution in [3.63, 3.8) is 0 Å². The summed E-state index contributed by atoms with van der Waals surface area (Å²) in [5.74, 6) is -0.473. The van der Waals surface area contributed by atoms with E-state index in [9.17, 15) is 9.18 Å². The van der Waals surface area contributed by atoms with E-state index in [-0.39, 0.29) is 12.2 Å². The fourth-order valence-electron chi connectivity index (χ4n) is 3.68. The van der Waals surface area contributed by atoms with Crippen molar-refractivity contribution in [3.8, 4) is 0 Å². The Bertz CT molecular complexity index is 509. The topological polar surface area (TPSA) is 40.5 Å². The molecular weight excluding hydrogens is 257 g/mol. The molecule has 3 nitrogen and oxygen atoms in total. The molecule has 3 rings (SSSR count). The van der Waals surface area contributed by atoms with E-state index in [0.29, 0.717) is 12.0 Å². The van der Waals surface area contributed by atoms with Gasteiger partial charge in [0.2, 0.25) is 0 Å². The lowest BCUT2D eigenvalue weighted by Gasteiger charge is -2.36. The highest BCUT2D eigenvalue weighted by atomic mass is 19.1. The molecule has 1 heterocycles. The molecule has 1 aromatic carbocycles. The number of piperidine rings is 1. The van der Waals surface area contributed by atoms with Gasteiger partial charge in [0.15, 0.2) is 0 Å². The van der Waals surface area contributed by atoms with Crippen molar-refractivity contribution >= 4 is 5.97 Å². The van der Waals surface area contributed by atoms with E-state index >= 15 is 0 Å². The lowest BCUT2D eigenvalue weighted by atomic mass is 9.92. The third kappa shape index (κ3) is 2.57. The summed E-state index contributed by atoms with van der Waals surface area (Å²) in [6, 6.07) is 5.70. The highest BCUT2D eigenvalue weighted by Crippen LogP contribution is 2.38. The van der Waals surface area contributed by atoms with Gasteiger partial charge in [-0.15, -0.1) is 0 Å². The Labute approximate surface area is 118 Å². The van der Waals surface area contributed by atoms with Crippen molar-refractivity contribution in [2.75, 3.05) is 13.1 Å². The molecule has 1 atom stereocenters. The number of carboxylic acids is 1. The monoisotopic (exact) mass is 277 g/mol. The first-order valence-electron chi connectivity index (χ1n) is 7.38. The third-order valence-corrected chi connectivity index (χ3v) is 4.74. The average Bonchev–Trinajstić information content (AvgIpc) is 2.84. The number of carboxylic acid groups (broad SMARTS) is 1. The predicted molar refractivity (Wildman–Crippen MR) is 74.0 cm³/mol. The van der Waals surface area contributed by atoms with Crippen molar-refractivity contribution in [2.24, 2.45) is 5.92 Å². The summed E-state index contributed by atoms with van der Waals surface area (Å²) in [7, 11) is 0. The van der Waals surface area contributed by atoms with Crippen LogP contribution in [-0.4, -0.2) is 29.1 Å². The van der Waals surface area contributed by atoms with Gasteiger partial charge in [-0.2, -0.15) is 0 Å². The van der Waals surface area contributed by atoms with Gasteiger partial charge in [0.05, 0.1) is 0 Å². The Morgan fingerprint density at radius 2 is 2.05 bits per heavy atom. The molecular formula is C16H20FNO2. The number of fused-ring (bicyclic) bond motifs is 1. The van der Waals surface area contributed by atoms with Crippen LogP contribution < -0.4 is 0 Å². The fraction of sp³-hybridized carbons (Fsp3) is 0.562. The number of likely N-dealkylation sites (tertiary alicyclic amines) is 1. The molecule has 0 bridgehead atoms. The van der Waals surface area contributed by atoms with Crippen LogP contribution in [0.2, 0.25) is 0 Å². The summed E-state index contributed by atoms with van der Waals surface area (Å²) < 4.78 is 13.8. The Balaban J connectivity index is 1.66. The normalized spacial score (nSPS) is 23.8. The van der Waals surface area contributed by atoms with Crippen LogP contribution in [0.1, 0.15) is 42.9 Å². The summed E-state index contributed by atoms with van der Waals surface area (Å²) in [4.78, 5) is 13.2. The van der Waals surface area contributed by atoms with E-state index in [1.165, 1.54) is 0 Å². The first-order chi connectivity index (χ1) is 9.65. The minimum Gasteiger partial charge on any atom is -0.481 e. The van der Waals surface area contributed by atoms with E-state index < -0.39 is 5.97 Å². The molecule has 0 spiro atoms. The summed E-state index contributed by atoms with van der Waals surface area (Å²) in [5.41, 5.74) is 2.02. The number of aliphatic carboxylic acids is 1. The molecule has 1 N–H and O–H groups in total. The van der Waals surface area contributed by atoms with Crippen LogP contribution in [0.5, 0.6) is 0 Å². The maximum atomic E-state index is 13.8. The zero-order valence-corrected chi connectivity index (χ0v) is 11.5. The predicted octanol–water partition coefficient (Wildman–Crippen LogP) is 3.00. The minimum atomic E-state index is -0.697.